The Morgan fingerprint density at radius 2 is 1.88 bits per heavy atom. The van der Waals surface area contributed by atoms with Gasteiger partial charge in [-0.2, -0.15) is 0 Å². The topological polar surface area (TPSA) is 9.23 Å². The average molecular weight is 232 g/mol. The van der Waals surface area contributed by atoms with E-state index in [-0.39, 0.29) is 5.82 Å². The SMILES string of the molecule is Fc1ccc(C/C=C/CC2=CCOCC2)cc1. The Hall–Kier alpha value is -1.41. The Morgan fingerprint density at radius 3 is 2.59 bits per heavy atom. The molecule has 0 atom stereocenters. The zero-order valence-electron chi connectivity index (χ0n) is 9.86. The third-order valence-electron chi connectivity index (χ3n) is 2.87. The summed E-state index contributed by atoms with van der Waals surface area (Å²) in [5.41, 5.74) is 2.59. The molecular formula is C15H17FO. The first-order valence-electron chi connectivity index (χ1n) is 6.00. The molecule has 0 saturated heterocycles. The molecule has 17 heavy (non-hydrogen) atoms. The molecule has 0 bridgehead atoms. The zero-order valence-corrected chi connectivity index (χ0v) is 9.86. The molecule has 0 amide bonds. The molecule has 90 valence electrons. The first-order chi connectivity index (χ1) is 8.34. The van der Waals surface area contributed by atoms with Crippen molar-refractivity contribution in [1.29, 1.82) is 0 Å². The third kappa shape index (κ3) is 4.16. The van der Waals surface area contributed by atoms with E-state index in [4.69, 9.17) is 4.74 Å². The summed E-state index contributed by atoms with van der Waals surface area (Å²) in [6, 6.07) is 6.66. The molecule has 1 aromatic carbocycles. The van der Waals surface area contributed by atoms with Gasteiger partial charge >= 0.3 is 0 Å². The van der Waals surface area contributed by atoms with Crippen molar-refractivity contribution in [3.8, 4) is 0 Å². The maximum atomic E-state index is 12.7. The molecule has 0 aliphatic carbocycles. The van der Waals surface area contributed by atoms with E-state index >= 15 is 0 Å². The van der Waals surface area contributed by atoms with Crippen LogP contribution in [0.3, 0.4) is 0 Å². The van der Waals surface area contributed by atoms with E-state index in [1.807, 2.05) is 12.1 Å². The smallest absolute Gasteiger partial charge is 0.123 e. The predicted molar refractivity (Wildman–Crippen MR) is 67.4 cm³/mol. The Balaban J connectivity index is 1.77. The molecule has 2 heteroatoms. The minimum atomic E-state index is -0.176. The van der Waals surface area contributed by atoms with Crippen LogP contribution in [0.5, 0.6) is 0 Å². The van der Waals surface area contributed by atoms with Crippen LogP contribution in [0.15, 0.2) is 48.1 Å². The maximum Gasteiger partial charge on any atom is 0.123 e. The Bertz CT molecular complexity index is 403. The van der Waals surface area contributed by atoms with Crippen LogP contribution in [-0.4, -0.2) is 13.2 Å². The normalized spacial score (nSPS) is 16.2. The largest absolute Gasteiger partial charge is 0.377 e. The van der Waals surface area contributed by atoms with Crippen LogP contribution in [0.1, 0.15) is 18.4 Å². The molecular weight excluding hydrogens is 215 g/mol. The van der Waals surface area contributed by atoms with Gasteiger partial charge in [0, 0.05) is 0 Å². The van der Waals surface area contributed by atoms with E-state index in [0.717, 1.165) is 38.0 Å². The van der Waals surface area contributed by atoms with E-state index in [2.05, 4.69) is 18.2 Å². The Kier molecular flexibility index (Phi) is 4.51. The molecule has 1 aliphatic heterocycles. The Labute approximate surface area is 102 Å². The van der Waals surface area contributed by atoms with Crippen molar-refractivity contribution in [2.45, 2.75) is 19.3 Å². The monoisotopic (exact) mass is 232 g/mol. The third-order valence-corrected chi connectivity index (χ3v) is 2.87. The quantitative estimate of drug-likeness (QED) is 0.720. The summed E-state index contributed by atoms with van der Waals surface area (Å²) in [6.07, 6.45) is 9.39. The lowest BCUT2D eigenvalue weighted by atomic mass is 10.1. The number of rotatable bonds is 4. The number of benzene rings is 1. The van der Waals surface area contributed by atoms with E-state index < -0.39 is 0 Å². The van der Waals surface area contributed by atoms with Gasteiger partial charge in [0.05, 0.1) is 13.2 Å². The van der Waals surface area contributed by atoms with Crippen molar-refractivity contribution in [1.82, 2.24) is 0 Å². The van der Waals surface area contributed by atoms with Gasteiger partial charge in [-0.1, -0.05) is 35.9 Å². The summed E-state index contributed by atoms with van der Waals surface area (Å²) < 4.78 is 17.9. The molecule has 0 unspecified atom stereocenters. The average Bonchev–Trinajstić information content (AvgIpc) is 2.38. The highest BCUT2D eigenvalue weighted by atomic mass is 19.1. The molecule has 1 nitrogen and oxygen atoms in total. The van der Waals surface area contributed by atoms with Crippen molar-refractivity contribution in [3.05, 3.63) is 59.4 Å². The van der Waals surface area contributed by atoms with Gasteiger partial charge in [0.15, 0.2) is 0 Å². The molecule has 0 aromatic heterocycles. The van der Waals surface area contributed by atoms with Crippen LogP contribution < -0.4 is 0 Å². The van der Waals surface area contributed by atoms with Crippen molar-refractivity contribution < 1.29 is 9.13 Å². The van der Waals surface area contributed by atoms with Crippen LogP contribution in [0.4, 0.5) is 4.39 Å². The maximum absolute atomic E-state index is 12.7. The van der Waals surface area contributed by atoms with Gasteiger partial charge in [-0.25, -0.2) is 4.39 Å². The second kappa shape index (κ2) is 6.36. The first-order valence-corrected chi connectivity index (χ1v) is 6.00. The zero-order chi connectivity index (χ0) is 11.9. The highest BCUT2D eigenvalue weighted by Gasteiger charge is 2.00. The lowest BCUT2D eigenvalue weighted by Gasteiger charge is -2.11. The summed E-state index contributed by atoms with van der Waals surface area (Å²) in [4.78, 5) is 0. The van der Waals surface area contributed by atoms with Crippen molar-refractivity contribution in [2.75, 3.05) is 13.2 Å². The van der Waals surface area contributed by atoms with Crippen LogP contribution in [0, 0.1) is 5.82 Å². The number of halogens is 1. The first kappa shape index (κ1) is 12.1. The van der Waals surface area contributed by atoms with Gasteiger partial charge in [-0.05, 0) is 37.0 Å². The number of allylic oxidation sites excluding steroid dienone is 2. The summed E-state index contributed by atoms with van der Waals surface area (Å²) in [7, 11) is 0. The van der Waals surface area contributed by atoms with Gasteiger partial charge in [0.25, 0.3) is 0 Å². The molecule has 0 saturated carbocycles. The lowest BCUT2D eigenvalue weighted by molar-refractivity contribution is 0.154. The van der Waals surface area contributed by atoms with Crippen molar-refractivity contribution in [2.24, 2.45) is 0 Å². The van der Waals surface area contributed by atoms with Crippen LogP contribution in [0.2, 0.25) is 0 Å². The van der Waals surface area contributed by atoms with E-state index in [1.54, 1.807) is 0 Å². The molecule has 0 N–H and O–H groups in total. The molecule has 1 heterocycles. The highest BCUT2D eigenvalue weighted by molar-refractivity contribution is 5.19. The molecule has 2 rings (SSSR count). The van der Waals surface area contributed by atoms with Gasteiger partial charge in [0.2, 0.25) is 0 Å². The number of hydrogen-bond acceptors (Lipinski definition) is 1. The van der Waals surface area contributed by atoms with E-state index in [1.165, 1.54) is 17.7 Å². The fourth-order valence-corrected chi connectivity index (χ4v) is 1.83. The summed E-state index contributed by atoms with van der Waals surface area (Å²) in [5, 5.41) is 0. The second-order valence-electron chi connectivity index (χ2n) is 4.19. The molecule has 0 radical (unpaired) electrons. The van der Waals surface area contributed by atoms with Crippen LogP contribution in [-0.2, 0) is 11.2 Å². The van der Waals surface area contributed by atoms with Crippen LogP contribution in [0.25, 0.3) is 0 Å². The van der Waals surface area contributed by atoms with Gasteiger partial charge in [-0.3, -0.25) is 0 Å². The second-order valence-corrected chi connectivity index (χ2v) is 4.19. The van der Waals surface area contributed by atoms with Gasteiger partial charge in [0.1, 0.15) is 5.82 Å². The number of ether oxygens (including phenoxy) is 1. The minimum absolute atomic E-state index is 0.176. The summed E-state index contributed by atoms with van der Waals surface area (Å²) in [5.74, 6) is -0.176. The summed E-state index contributed by atoms with van der Waals surface area (Å²) >= 11 is 0. The van der Waals surface area contributed by atoms with Crippen LogP contribution >= 0.6 is 0 Å². The number of hydrogen-bond donors (Lipinski definition) is 0. The van der Waals surface area contributed by atoms with Crippen molar-refractivity contribution >= 4 is 0 Å². The molecule has 0 spiro atoms. The lowest BCUT2D eigenvalue weighted by Crippen LogP contribution is -2.03. The summed E-state index contributed by atoms with van der Waals surface area (Å²) in [6.45, 7) is 1.60. The van der Waals surface area contributed by atoms with Crippen molar-refractivity contribution in [3.63, 3.8) is 0 Å². The predicted octanol–water partition coefficient (Wildman–Crippen LogP) is 3.66. The fourth-order valence-electron chi connectivity index (χ4n) is 1.83. The Morgan fingerprint density at radius 1 is 1.12 bits per heavy atom. The van der Waals surface area contributed by atoms with E-state index in [0.29, 0.717) is 0 Å². The molecule has 1 aliphatic rings. The standard InChI is InChI=1S/C15H17FO/c16-15-7-5-13(6-8-15)3-1-2-4-14-9-11-17-12-10-14/h1-2,5-9H,3-4,10-12H2/b2-1+. The minimum Gasteiger partial charge on any atom is -0.377 e. The van der Waals surface area contributed by atoms with Gasteiger partial charge in [-0.15, -0.1) is 0 Å². The fraction of sp³-hybridized carbons (Fsp3) is 0.333. The van der Waals surface area contributed by atoms with Gasteiger partial charge < -0.3 is 4.74 Å². The molecule has 0 fully saturated rings. The molecule has 1 aromatic rings. The van der Waals surface area contributed by atoms with E-state index in [9.17, 15) is 4.39 Å². The highest BCUT2D eigenvalue weighted by Crippen LogP contribution is 2.12.